The molecule has 112 valence electrons. The van der Waals surface area contributed by atoms with Crippen molar-refractivity contribution in [2.24, 2.45) is 0 Å². The standard InChI is InChI=1S/C15H15Br2FN2O/c1-2-5-19-8-10-6-12(17)9-20-15(10)21-14-7-11(16)3-4-13(14)18/h3-4,6-7,9,19H,2,5,8H2,1H3. The fraction of sp³-hybridized carbons (Fsp3) is 0.267. The lowest BCUT2D eigenvalue weighted by molar-refractivity contribution is 0.420. The van der Waals surface area contributed by atoms with Crippen LogP contribution >= 0.6 is 31.9 Å². The molecule has 1 aromatic heterocycles. The van der Waals surface area contributed by atoms with Crippen LogP contribution in [0.5, 0.6) is 11.6 Å². The lowest BCUT2D eigenvalue weighted by Gasteiger charge is -2.12. The molecule has 1 heterocycles. The Hall–Kier alpha value is -0.980. The second-order valence-corrected chi connectivity index (χ2v) is 6.30. The number of hydrogen-bond donors (Lipinski definition) is 1. The number of nitrogens with zero attached hydrogens (tertiary/aromatic N) is 1. The molecule has 1 aromatic carbocycles. The zero-order valence-corrected chi connectivity index (χ0v) is 14.7. The van der Waals surface area contributed by atoms with Gasteiger partial charge in [0.15, 0.2) is 11.6 Å². The average Bonchev–Trinajstić information content (AvgIpc) is 2.46. The Kier molecular flexibility index (Phi) is 6.14. The molecule has 2 aromatic rings. The van der Waals surface area contributed by atoms with Crippen molar-refractivity contribution in [3.05, 3.63) is 50.8 Å². The number of rotatable bonds is 6. The minimum absolute atomic E-state index is 0.149. The summed E-state index contributed by atoms with van der Waals surface area (Å²) < 4.78 is 21.0. The Balaban J connectivity index is 2.24. The van der Waals surface area contributed by atoms with Gasteiger partial charge in [0.25, 0.3) is 0 Å². The Bertz CT molecular complexity index is 623. The molecule has 0 saturated heterocycles. The van der Waals surface area contributed by atoms with Crippen LogP contribution in [0, 0.1) is 5.82 Å². The topological polar surface area (TPSA) is 34.2 Å². The highest BCUT2D eigenvalue weighted by molar-refractivity contribution is 9.10. The predicted octanol–water partition coefficient (Wildman–Crippen LogP) is 5.04. The van der Waals surface area contributed by atoms with Crippen molar-refractivity contribution in [2.45, 2.75) is 19.9 Å². The van der Waals surface area contributed by atoms with Gasteiger partial charge in [-0.15, -0.1) is 0 Å². The molecule has 3 nitrogen and oxygen atoms in total. The summed E-state index contributed by atoms with van der Waals surface area (Å²) >= 11 is 6.69. The van der Waals surface area contributed by atoms with Crippen LogP contribution < -0.4 is 10.1 Å². The van der Waals surface area contributed by atoms with Gasteiger partial charge in [-0.05, 0) is 53.2 Å². The molecule has 0 radical (unpaired) electrons. The smallest absolute Gasteiger partial charge is 0.223 e. The molecule has 0 fully saturated rings. The summed E-state index contributed by atoms with van der Waals surface area (Å²) in [5, 5.41) is 3.29. The number of halogens is 3. The summed E-state index contributed by atoms with van der Waals surface area (Å²) in [5.74, 6) is 0.130. The maximum Gasteiger partial charge on any atom is 0.223 e. The monoisotopic (exact) mass is 416 g/mol. The summed E-state index contributed by atoms with van der Waals surface area (Å²) in [4.78, 5) is 4.23. The Morgan fingerprint density at radius 2 is 2.05 bits per heavy atom. The summed E-state index contributed by atoms with van der Waals surface area (Å²) in [7, 11) is 0. The van der Waals surface area contributed by atoms with Gasteiger partial charge in [-0.3, -0.25) is 0 Å². The van der Waals surface area contributed by atoms with E-state index in [-0.39, 0.29) is 5.75 Å². The number of hydrogen-bond acceptors (Lipinski definition) is 3. The minimum Gasteiger partial charge on any atom is -0.436 e. The first-order chi connectivity index (χ1) is 10.1. The van der Waals surface area contributed by atoms with Crippen LogP contribution in [0.2, 0.25) is 0 Å². The first-order valence-corrected chi connectivity index (χ1v) is 8.16. The molecule has 21 heavy (non-hydrogen) atoms. The fourth-order valence-corrected chi connectivity index (χ4v) is 2.47. The van der Waals surface area contributed by atoms with E-state index in [1.54, 1.807) is 18.3 Å². The van der Waals surface area contributed by atoms with Gasteiger partial charge in [0.05, 0.1) is 0 Å². The highest BCUT2D eigenvalue weighted by Crippen LogP contribution is 2.29. The Morgan fingerprint density at radius 3 is 2.81 bits per heavy atom. The van der Waals surface area contributed by atoms with Gasteiger partial charge >= 0.3 is 0 Å². The molecular formula is C15H15Br2FN2O. The molecule has 1 N–H and O–H groups in total. The SMILES string of the molecule is CCCNCc1cc(Br)cnc1Oc1cc(Br)ccc1F. The summed E-state index contributed by atoms with van der Waals surface area (Å²) in [6.45, 7) is 3.61. The van der Waals surface area contributed by atoms with Crippen molar-refractivity contribution in [1.82, 2.24) is 10.3 Å². The second-order valence-electron chi connectivity index (χ2n) is 4.47. The van der Waals surface area contributed by atoms with E-state index in [4.69, 9.17) is 4.74 Å². The van der Waals surface area contributed by atoms with Gasteiger partial charge < -0.3 is 10.1 Å². The van der Waals surface area contributed by atoms with Gasteiger partial charge in [-0.2, -0.15) is 0 Å². The lowest BCUT2D eigenvalue weighted by Crippen LogP contribution is -2.14. The van der Waals surface area contributed by atoms with Gasteiger partial charge in [0.2, 0.25) is 5.88 Å². The van der Waals surface area contributed by atoms with Crippen LogP contribution in [0.4, 0.5) is 4.39 Å². The molecule has 0 spiro atoms. The Morgan fingerprint density at radius 1 is 1.24 bits per heavy atom. The zero-order valence-electron chi connectivity index (χ0n) is 11.5. The van der Waals surface area contributed by atoms with Crippen LogP contribution in [0.15, 0.2) is 39.4 Å². The van der Waals surface area contributed by atoms with Gasteiger partial charge in [0.1, 0.15) is 0 Å². The van der Waals surface area contributed by atoms with E-state index in [9.17, 15) is 4.39 Å². The highest BCUT2D eigenvalue weighted by Gasteiger charge is 2.11. The molecule has 2 rings (SSSR count). The predicted molar refractivity (Wildman–Crippen MR) is 88.1 cm³/mol. The Labute approximate surface area is 140 Å². The van der Waals surface area contributed by atoms with Crippen molar-refractivity contribution in [1.29, 1.82) is 0 Å². The van der Waals surface area contributed by atoms with Crippen molar-refractivity contribution in [3.63, 3.8) is 0 Å². The number of benzene rings is 1. The largest absolute Gasteiger partial charge is 0.436 e. The molecule has 0 saturated carbocycles. The molecule has 0 amide bonds. The fourth-order valence-electron chi connectivity index (χ4n) is 1.75. The van der Waals surface area contributed by atoms with Crippen molar-refractivity contribution in [3.8, 4) is 11.6 Å². The van der Waals surface area contributed by atoms with Gasteiger partial charge in [-0.25, -0.2) is 9.37 Å². The second kappa shape index (κ2) is 7.87. The first kappa shape index (κ1) is 16.4. The normalized spacial score (nSPS) is 10.7. The van der Waals surface area contributed by atoms with E-state index >= 15 is 0 Å². The minimum atomic E-state index is -0.421. The summed E-state index contributed by atoms with van der Waals surface area (Å²) in [6.07, 6.45) is 2.67. The zero-order chi connectivity index (χ0) is 15.2. The van der Waals surface area contributed by atoms with Crippen LogP contribution in [-0.4, -0.2) is 11.5 Å². The number of nitrogens with one attached hydrogen (secondary N) is 1. The number of ether oxygens (including phenoxy) is 1. The first-order valence-electron chi connectivity index (χ1n) is 6.58. The van der Waals surface area contributed by atoms with E-state index in [0.717, 1.165) is 27.5 Å². The maximum absolute atomic E-state index is 13.8. The van der Waals surface area contributed by atoms with E-state index in [0.29, 0.717) is 12.4 Å². The number of pyridine rings is 1. The van der Waals surface area contributed by atoms with Gasteiger partial charge in [-0.1, -0.05) is 22.9 Å². The van der Waals surface area contributed by atoms with E-state index < -0.39 is 5.82 Å². The van der Waals surface area contributed by atoms with E-state index in [2.05, 4.69) is 49.1 Å². The number of aromatic nitrogens is 1. The molecule has 0 bridgehead atoms. The highest BCUT2D eigenvalue weighted by atomic mass is 79.9. The van der Waals surface area contributed by atoms with Crippen LogP contribution in [0.3, 0.4) is 0 Å². The van der Waals surface area contributed by atoms with Crippen LogP contribution in [0.1, 0.15) is 18.9 Å². The van der Waals surface area contributed by atoms with E-state index in [1.165, 1.54) is 6.07 Å². The molecular weight excluding hydrogens is 403 g/mol. The summed E-state index contributed by atoms with van der Waals surface area (Å²) in [6, 6.07) is 6.48. The third-order valence-corrected chi connectivity index (χ3v) is 3.66. The molecule has 0 unspecified atom stereocenters. The molecule has 0 atom stereocenters. The summed E-state index contributed by atoms with van der Waals surface area (Å²) in [5.41, 5.74) is 0.872. The lowest BCUT2D eigenvalue weighted by atomic mass is 10.2. The molecule has 0 aliphatic heterocycles. The van der Waals surface area contributed by atoms with Gasteiger partial charge in [0, 0.05) is 27.3 Å². The molecule has 0 aliphatic carbocycles. The van der Waals surface area contributed by atoms with Crippen molar-refractivity contribution >= 4 is 31.9 Å². The quantitative estimate of drug-likeness (QED) is 0.668. The maximum atomic E-state index is 13.8. The average molecular weight is 418 g/mol. The van der Waals surface area contributed by atoms with E-state index in [1.807, 2.05) is 6.07 Å². The third kappa shape index (κ3) is 4.76. The van der Waals surface area contributed by atoms with Crippen LogP contribution in [0.25, 0.3) is 0 Å². The third-order valence-electron chi connectivity index (χ3n) is 2.73. The van der Waals surface area contributed by atoms with Crippen molar-refractivity contribution in [2.75, 3.05) is 6.54 Å². The van der Waals surface area contributed by atoms with Crippen LogP contribution in [-0.2, 0) is 6.54 Å². The molecule has 6 heteroatoms. The molecule has 0 aliphatic rings. The van der Waals surface area contributed by atoms with Crippen molar-refractivity contribution < 1.29 is 9.13 Å².